The Hall–Kier alpha value is -1.56. The summed E-state index contributed by atoms with van der Waals surface area (Å²) in [5.74, 6) is -0.226. The molecule has 1 aliphatic carbocycles. The maximum Gasteiger partial charge on any atom is 0.309 e. The number of hydrogen-bond acceptors (Lipinski definition) is 3. The number of nitrogens with zero attached hydrogens (tertiary/aromatic N) is 1. The molecular formula is C14H19NO2. The number of ether oxygens (including phenoxy) is 1. The van der Waals surface area contributed by atoms with E-state index in [2.05, 4.69) is 16.9 Å². The Labute approximate surface area is 103 Å². The van der Waals surface area contributed by atoms with Crippen LogP contribution in [-0.2, 0) is 9.53 Å². The van der Waals surface area contributed by atoms with E-state index in [9.17, 15) is 4.79 Å². The van der Waals surface area contributed by atoms with Gasteiger partial charge in [0.1, 0.15) is 0 Å². The molecule has 0 aromatic carbocycles. The maximum absolute atomic E-state index is 11.1. The third-order valence-electron chi connectivity index (χ3n) is 2.95. The molecule has 0 fully saturated rings. The SMILES string of the molecule is COC(=O)C/C=C(\CCC#N)C1=CCCCC1. The highest BCUT2D eigenvalue weighted by molar-refractivity contribution is 5.71. The van der Waals surface area contributed by atoms with Gasteiger partial charge in [0.2, 0.25) is 0 Å². The van der Waals surface area contributed by atoms with E-state index in [-0.39, 0.29) is 5.97 Å². The van der Waals surface area contributed by atoms with E-state index in [4.69, 9.17) is 5.26 Å². The van der Waals surface area contributed by atoms with Crippen LogP contribution in [0.15, 0.2) is 23.3 Å². The number of carbonyl (C=O) groups is 1. The molecule has 1 aliphatic rings. The highest BCUT2D eigenvalue weighted by Gasteiger charge is 2.09. The zero-order chi connectivity index (χ0) is 12.5. The van der Waals surface area contributed by atoms with Crippen LogP contribution in [-0.4, -0.2) is 13.1 Å². The third-order valence-corrected chi connectivity index (χ3v) is 2.95. The lowest BCUT2D eigenvalue weighted by molar-refractivity contribution is -0.139. The first-order valence-electron chi connectivity index (χ1n) is 6.10. The molecule has 0 heterocycles. The minimum absolute atomic E-state index is 0.226. The predicted molar refractivity (Wildman–Crippen MR) is 66.1 cm³/mol. The summed E-state index contributed by atoms with van der Waals surface area (Å²) in [6.45, 7) is 0. The molecule has 0 aromatic rings. The van der Waals surface area contributed by atoms with E-state index in [0.717, 1.165) is 24.8 Å². The Kier molecular flexibility index (Phi) is 6.09. The first-order valence-corrected chi connectivity index (χ1v) is 6.10. The molecule has 3 heteroatoms. The standard InChI is InChI=1S/C14H19NO2/c1-17-14(16)10-9-13(8-5-11-15)12-6-3-2-4-7-12/h6,9H,2-5,7-8,10H2,1H3/b13-9+. The quantitative estimate of drug-likeness (QED) is 0.685. The van der Waals surface area contributed by atoms with Crippen LogP contribution in [0, 0.1) is 11.3 Å². The fourth-order valence-corrected chi connectivity index (χ4v) is 2.00. The average Bonchev–Trinajstić information content (AvgIpc) is 2.39. The van der Waals surface area contributed by atoms with Crippen molar-refractivity contribution in [2.75, 3.05) is 7.11 Å². The molecule has 1 rings (SSSR count). The van der Waals surface area contributed by atoms with Crippen LogP contribution in [0.4, 0.5) is 0 Å². The van der Waals surface area contributed by atoms with Gasteiger partial charge < -0.3 is 4.74 Å². The smallest absolute Gasteiger partial charge is 0.309 e. The molecule has 0 spiro atoms. The van der Waals surface area contributed by atoms with E-state index >= 15 is 0 Å². The molecule has 0 amide bonds. The highest BCUT2D eigenvalue weighted by atomic mass is 16.5. The van der Waals surface area contributed by atoms with Gasteiger partial charge >= 0.3 is 5.97 Å². The summed E-state index contributed by atoms with van der Waals surface area (Å²) in [5.41, 5.74) is 2.46. The lowest BCUT2D eigenvalue weighted by Crippen LogP contribution is -2.01. The number of nitriles is 1. The second-order valence-electron chi connectivity index (χ2n) is 4.14. The molecule has 0 unspecified atom stereocenters. The van der Waals surface area contributed by atoms with Gasteiger partial charge in [-0.1, -0.05) is 12.2 Å². The zero-order valence-corrected chi connectivity index (χ0v) is 10.4. The molecule has 0 bridgehead atoms. The largest absolute Gasteiger partial charge is 0.469 e. The van der Waals surface area contributed by atoms with Crippen LogP contribution < -0.4 is 0 Å². The summed E-state index contributed by atoms with van der Waals surface area (Å²) in [7, 11) is 1.39. The molecule has 0 radical (unpaired) electrons. The second kappa shape index (κ2) is 7.67. The molecule has 0 saturated heterocycles. The van der Waals surface area contributed by atoms with Crippen LogP contribution in [0.3, 0.4) is 0 Å². The molecule has 0 atom stereocenters. The molecule has 0 N–H and O–H groups in total. The van der Waals surface area contributed by atoms with Crippen molar-refractivity contribution >= 4 is 5.97 Å². The van der Waals surface area contributed by atoms with E-state index in [0.29, 0.717) is 12.8 Å². The number of allylic oxidation sites excluding steroid dienone is 3. The molecular weight excluding hydrogens is 214 g/mol. The summed E-state index contributed by atoms with van der Waals surface area (Å²) in [4.78, 5) is 11.1. The van der Waals surface area contributed by atoms with Crippen molar-refractivity contribution in [2.24, 2.45) is 0 Å². The molecule has 17 heavy (non-hydrogen) atoms. The molecule has 3 nitrogen and oxygen atoms in total. The van der Waals surface area contributed by atoms with Gasteiger partial charge in [0.25, 0.3) is 0 Å². The first-order chi connectivity index (χ1) is 8.27. The van der Waals surface area contributed by atoms with Crippen molar-refractivity contribution in [3.63, 3.8) is 0 Å². The number of rotatable bonds is 5. The Balaban J connectivity index is 2.68. The first kappa shape index (κ1) is 13.5. The normalized spacial score (nSPS) is 16.0. The van der Waals surface area contributed by atoms with Gasteiger partial charge in [0.05, 0.1) is 19.6 Å². The van der Waals surface area contributed by atoms with Crippen molar-refractivity contribution < 1.29 is 9.53 Å². The molecule has 0 aliphatic heterocycles. The van der Waals surface area contributed by atoms with Gasteiger partial charge in [-0.25, -0.2) is 0 Å². The average molecular weight is 233 g/mol. The van der Waals surface area contributed by atoms with Crippen LogP contribution in [0.5, 0.6) is 0 Å². The summed E-state index contributed by atoms with van der Waals surface area (Å²) in [6.07, 6.45) is 10.3. The summed E-state index contributed by atoms with van der Waals surface area (Å²) in [6, 6.07) is 2.15. The fourth-order valence-electron chi connectivity index (χ4n) is 2.00. The van der Waals surface area contributed by atoms with E-state index in [1.54, 1.807) is 0 Å². The zero-order valence-electron chi connectivity index (χ0n) is 10.4. The van der Waals surface area contributed by atoms with Gasteiger partial charge in [0.15, 0.2) is 0 Å². The van der Waals surface area contributed by atoms with Crippen molar-refractivity contribution in [2.45, 2.75) is 44.9 Å². The predicted octanol–water partition coefficient (Wildman–Crippen LogP) is 3.28. The lowest BCUT2D eigenvalue weighted by Gasteiger charge is -2.15. The summed E-state index contributed by atoms with van der Waals surface area (Å²) < 4.78 is 4.62. The van der Waals surface area contributed by atoms with Gasteiger partial charge in [-0.3, -0.25) is 4.79 Å². The number of hydrogen-bond donors (Lipinski definition) is 0. The van der Waals surface area contributed by atoms with Crippen molar-refractivity contribution in [1.29, 1.82) is 5.26 Å². The Morgan fingerprint density at radius 2 is 2.41 bits per heavy atom. The van der Waals surface area contributed by atoms with Gasteiger partial charge in [-0.05, 0) is 43.3 Å². The lowest BCUT2D eigenvalue weighted by atomic mass is 9.90. The van der Waals surface area contributed by atoms with E-state index in [1.807, 2.05) is 6.08 Å². The highest BCUT2D eigenvalue weighted by Crippen LogP contribution is 2.27. The minimum Gasteiger partial charge on any atom is -0.469 e. The van der Waals surface area contributed by atoms with Gasteiger partial charge in [0, 0.05) is 6.42 Å². The Bertz CT molecular complexity index is 361. The fraction of sp³-hybridized carbons (Fsp3) is 0.571. The van der Waals surface area contributed by atoms with Gasteiger partial charge in [-0.15, -0.1) is 0 Å². The van der Waals surface area contributed by atoms with Crippen LogP contribution in [0.1, 0.15) is 44.9 Å². The maximum atomic E-state index is 11.1. The topological polar surface area (TPSA) is 50.1 Å². The Morgan fingerprint density at radius 1 is 1.59 bits per heavy atom. The molecule has 0 aromatic heterocycles. The van der Waals surface area contributed by atoms with Crippen molar-refractivity contribution in [1.82, 2.24) is 0 Å². The van der Waals surface area contributed by atoms with E-state index in [1.165, 1.54) is 25.5 Å². The minimum atomic E-state index is -0.226. The number of carbonyl (C=O) groups excluding carboxylic acids is 1. The van der Waals surface area contributed by atoms with Crippen LogP contribution in [0.25, 0.3) is 0 Å². The second-order valence-corrected chi connectivity index (χ2v) is 4.14. The van der Waals surface area contributed by atoms with Gasteiger partial charge in [-0.2, -0.15) is 5.26 Å². The molecule has 0 saturated carbocycles. The summed E-state index contributed by atoms with van der Waals surface area (Å²) in [5, 5.41) is 8.65. The van der Waals surface area contributed by atoms with E-state index < -0.39 is 0 Å². The third kappa shape index (κ3) is 4.86. The molecule has 92 valence electrons. The number of methoxy groups -OCH3 is 1. The monoisotopic (exact) mass is 233 g/mol. The van der Waals surface area contributed by atoms with Crippen molar-refractivity contribution in [3.05, 3.63) is 23.3 Å². The Morgan fingerprint density at radius 3 is 3.00 bits per heavy atom. The van der Waals surface area contributed by atoms with Crippen LogP contribution >= 0.6 is 0 Å². The summed E-state index contributed by atoms with van der Waals surface area (Å²) >= 11 is 0. The number of esters is 1. The van der Waals surface area contributed by atoms with Crippen LogP contribution in [0.2, 0.25) is 0 Å². The van der Waals surface area contributed by atoms with Crippen molar-refractivity contribution in [3.8, 4) is 6.07 Å².